The van der Waals surface area contributed by atoms with E-state index in [2.05, 4.69) is 5.32 Å². The van der Waals surface area contributed by atoms with E-state index in [1.54, 1.807) is 38.5 Å². The lowest BCUT2D eigenvalue weighted by molar-refractivity contribution is -0.150. The fourth-order valence-electron chi connectivity index (χ4n) is 2.65. The number of methoxy groups -OCH3 is 2. The summed E-state index contributed by atoms with van der Waals surface area (Å²) in [5, 5.41) is 2.72. The monoisotopic (exact) mass is 397 g/mol. The third-order valence-electron chi connectivity index (χ3n) is 4.28. The molecule has 154 valence electrons. The Labute approximate surface area is 171 Å². The molecule has 0 aliphatic carbocycles. The molecule has 2 aromatic carbocycles. The highest BCUT2D eigenvalue weighted by molar-refractivity contribution is 5.94. The van der Waals surface area contributed by atoms with Crippen molar-refractivity contribution >= 4 is 18.0 Å². The van der Waals surface area contributed by atoms with Crippen LogP contribution in [0.25, 0.3) is 6.08 Å². The number of hydrogen-bond acceptors (Lipinski definition) is 5. The lowest BCUT2D eigenvalue weighted by Crippen LogP contribution is -2.44. The Bertz CT molecular complexity index is 846. The van der Waals surface area contributed by atoms with E-state index in [0.29, 0.717) is 11.5 Å². The Morgan fingerprint density at radius 2 is 1.69 bits per heavy atom. The molecule has 1 amide bonds. The molecule has 0 radical (unpaired) electrons. The van der Waals surface area contributed by atoms with Crippen LogP contribution < -0.4 is 14.8 Å². The van der Waals surface area contributed by atoms with Gasteiger partial charge in [0.15, 0.2) is 11.5 Å². The van der Waals surface area contributed by atoms with Crippen LogP contribution >= 0.6 is 0 Å². The maximum atomic E-state index is 12.4. The van der Waals surface area contributed by atoms with E-state index in [1.807, 2.05) is 44.2 Å². The van der Waals surface area contributed by atoms with Gasteiger partial charge in [-0.1, -0.05) is 50.2 Å². The van der Waals surface area contributed by atoms with Gasteiger partial charge in [0.2, 0.25) is 5.91 Å². The number of hydrogen-bond donors (Lipinski definition) is 1. The van der Waals surface area contributed by atoms with Crippen LogP contribution in [0.15, 0.2) is 54.6 Å². The zero-order chi connectivity index (χ0) is 21.2. The van der Waals surface area contributed by atoms with Gasteiger partial charge in [-0.25, -0.2) is 4.79 Å². The number of rotatable bonds is 9. The Morgan fingerprint density at radius 1 is 1.00 bits per heavy atom. The van der Waals surface area contributed by atoms with Gasteiger partial charge in [-0.15, -0.1) is 0 Å². The Balaban J connectivity index is 1.98. The van der Waals surface area contributed by atoms with Gasteiger partial charge in [0, 0.05) is 6.08 Å². The molecule has 0 aliphatic heterocycles. The van der Waals surface area contributed by atoms with Gasteiger partial charge in [0.05, 0.1) is 14.2 Å². The van der Waals surface area contributed by atoms with E-state index in [0.717, 1.165) is 11.1 Å². The second-order valence-corrected chi connectivity index (χ2v) is 6.77. The van der Waals surface area contributed by atoms with Crippen molar-refractivity contribution in [3.63, 3.8) is 0 Å². The number of benzene rings is 2. The summed E-state index contributed by atoms with van der Waals surface area (Å²) in [7, 11) is 3.11. The van der Waals surface area contributed by atoms with Crippen LogP contribution in [0.3, 0.4) is 0 Å². The quantitative estimate of drug-likeness (QED) is 0.517. The Hall–Kier alpha value is -3.28. The maximum absolute atomic E-state index is 12.4. The lowest BCUT2D eigenvalue weighted by Gasteiger charge is -2.20. The van der Waals surface area contributed by atoms with Crippen molar-refractivity contribution < 1.29 is 23.8 Å². The predicted molar refractivity (Wildman–Crippen MR) is 112 cm³/mol. The first kappa shape index (κ1) is 22.0. The summed E-state index contributed by atoms with van der Waals surface area (Å²) in [5.41, 5.74) is 1.66. The number of carbonyl (C=O) groups excluding carboxylic acids is 2. The average molecular weight is 397 g/mol. The molecular weight excluding hydrogens is 370 g/mol. The molecule has 2 aromatic rings. The van der Waals surface area contributed by atoms with Crippen molar-refractivity contribution in [3.8, 4) is 11.5 Å². The van der Waals surface area contributed by atoms with Crippen LogP contribution in [0.2, 0.25) is 0 Å². The summed E-state index contributed by atoms with van der Waals surface area (Å²) in [4.78, 5) is 24.8. The zero-order valence-electron chi connectivity index (χ0n) is 17.2. The number of amides is 1. The molecule has 1 unspecified atom stereocenters. The fourth-order valence-corrected chi connectivity index (χ4v) is 2.65. The summed E-state index contributed by atoms with van der Waals surface area (Å²) in [6.45, 7) is 3.87. The molecule has 0 bridgehead atoms. The molecular formula is C23H27NO5. The molecule has 0 heterocycles. The van der Waals surface area contributed by atoms with Crippen LogP contribution in [0.5, 0.6) is 11.5 Å². The van der Waals surface area contributed by atoms with E-state index in [9.17, 15) is 9.59 Å². The predicted octanol–water partition coefficient (Wildman–Crippen LogP) is 3.60. The largest absolute Gasteiger partial charge is 0.493 e. The molecule has 0 aliphatic rings. The minimum Gasteiger partial charge on any atom is -0.493 e. The van der Waals surface area contributed by atoms with E-state index in [4.69, 9.17) is 14.2 Å². The van der Waals surface area contributed by atoms with Gasteiger partial charge in [0.1, 0.15) is 12.6 Å². The van der Waals surface area contributed by atoms with Crippen LogP contribution in [0.1, 0.15) is 25.0 Å². The summed E-state index contributed by atoms with van der Waals surface area (Å²) in [6.07, 6.45) is 3.02. The lowest BCUT2D eigenvalue weighted by atomic mass is 10.0. The molecule has 29 heavy (non-hydrogen) atoms. The molecule has 0 spiro atoms. The minimum atomic E-state index is -0.735. The van der Waals surface area contributed by atoms with Gasteiger partial charge in [-0.3, -0.25) is 4.79 Å². The second-order valence-electron chi connectivity index (χ2n) is 6.77. The fraction of sp³-hybridized carbons (Fsp3) is 0.304. The van der Waals surface area contributed by atoms with Crippen molar-refractivity contribution in [1.29, 1.82) is 0 Å². The van der Waals surface area contributed by atoms with Gasteiger partial charge >= 0.3 is 5.97 Å². The number of carbonyl (C=O) groups is 2. The molecule has 0 fully saturated rings. The molecule has 0 aromatic heterocycles. The molecule has 1 atom stereocenters. The number of ether oxygens (including phenoxy) is 3. The molecule has 0 saturated carbocycles. The minimum absolute atomic E-state index is 0.114. The topological polar surface area (TPSA) is 73.9 Å². The maximum Gasteiger partial charge on any atom is 0.329 e. The molecule has 6 nitrogen and oxygen atoms in total. The van der Waals surface area contributed by atoms with Crippen molar-refractivity contribution in [2.45, 2.75) is 26.5 Å². The molecule has 2 rings (SSSR count). The van der Waals surface area contributed by atoms with E-state index in [-0.39, 0.29) is 18.4 Å². The first-order valence-electron chi connectivity index (χ1n) is 9.35. The summed E-state index contributed by atoms with van der Waals surface area (Å²) in [6, 6.07) is 14.0. The van der Waals surface area contributed by atoms with Crippen LogP contribution in [0, 0.1) is 5.92 Å². The van der Waals surface area contributed by atoms with Gasteiger partial charge < -0.3 is 19.5 Å². The third kappa shape index (κ3) is 6.68. The molecule has 6 heteroatoms. The highest BCUT2D eigenvalue weighted by Gasteiger charge is 2.25. The molecule has 0 saturated heterocycles. The van der Waals surface area contributed by atoms with Crippen molar-refractivity contribution in [1.82, 2.24) is 5.32 Å². The number of esters is 1. The Morgan fingerprint density at radius 3 is 2.31 bits per heavy atom. The smallest absolute Gasteiger partial charge is 0.329 e. The normalized spacial score (nSPS) is 11.9. The van der Waals surface area contributed by atoms with Crippen molar-refractivity contribution in [2.24, 2.45) is 5.92 Å². The van der Waals surface area contributed by atoms with E-state index in [1.165, 1.54) is 6.08 Å². The first-order chi connectivity index (χ1) is 13.9. The van der Waals surface area contributed by atoms with Crippen LogP contribution in [0.4, 0.5) is 0 Å². The van der Waals surface area contributed by atoms with Gasteiger partial charge in [-0.05, 0) is 35.3 Å². The standard InChI is InChI=1S/C23H27NO5/c1-16(2)22(23(26)29-15-18-8-6-5-7-9-18)24-21(25)13-11-17-10-12-19(27-3)20(14-17)28-4/h5-14,16,22H,15H2,1-4H3,(H,24,25)/b13-11+. The first-order valence-corrected chi connectivity index (χ1v) is 9.35. The molecule has 1 N–H and O–H groups in total. The third-order valence-corrected chi connectivity index (χ3v) is 4.28. The average Bonchev–Trinajstić information content (AvgIpc) is 2.74. The zero-order valence-corrected chi connectivity index (χ0v) is 17.2. The summed E-state index contributed by atoms with van der Waals surface area (Å²) in [5.74, 6) is 0.221. The highest BCUT2D eigenvalue weighted by Crippen LogP contribution is 2.27. The van der Waals surface area contributed by atoms with E-state index >= 15 is 0 Å². The highest BCUT2D eigenvalue weighted by atomic mass is 16.5. The van der Waals surface area contributed by atoms with Crippen molar-refractivity contribution in [2.75, 3.05) is 14.2 Å². The summed E-state index contributed by atoms with van der Waals surface area (Å²) >= 11 is 0. The SMILES string of the molecule is COc1ccc(/C=C/C(=O)NC(C(=O)OCc2ccccc2)C(C)C)cc1OC. The Kier molecular flexibility index (Phi) is 8.27. The number of nitrogens with one attached hydrogen (secondary N) is 1. The van der Waals surface area contributed by atoms with Crippen LogP contribution in [-0.2, 0) is 20.9 Å². The van der Waals surface area contributed by atoms with Gasteiger partial charge in [-0.2, -0.15) is 0 Å². The summed E-state index contributed by atoms with van der Waals surface area (Å²) < 4.78 is 15.8. The van der Waals surface area contributed by atoms with Gasteiger partial charge in [0.25, 0.3) is 0 Å². The van der Waals surface area contributed by atoms with Crippen LogP contribution in [-0.4, -0.2) is 32.1 Å². The van der Waals surface area contributed by atoms with Crippen molar-refractivity contribution in [3.05, 3.63) is 65.7 Å². The second kappa shape index (κ2) is 10.9. The van der Waals surface area contributed by atoms with E-state index < -0.39 is 12.0 Å².